The van der Waals surface area contributed by atoms with Crippen molar-refractivity contribution in [2.24, 2.45) is 0 Å². The first-order valence-corrected chi connectivity index (χ1v) is 8.98. The SMILES string of the molecule is CCOC(=O)c1cnc2ccc(C)cc2c1Nc1cccc2ccccc12. The molecule has 1 N–H and O–H groups in total. The number of carbonyl (C=O) groups is 1. The lowest BCUT2D eigenvalue weighted by molar-refractivity contribution is 0.0527. The topological polar surface area (TPSA) is 51.2 Å². The van der Waals surface area contributed by atoms with Crippen molar-refractivity contribution >= 4 is 39.0 Å². The van der Waals surface area contributed by atoms with Gasteiger partial charge in [0, 0.05) is 22.7 Å². The summed E-state index contributed by atoms with van der Waals surface area (Å²) in [6.07, 6.45) is 1.59. The summed E-state index contributed by atoms with van der Waals surface area (Å²) in [5, 5.41) is 6.61. The van der Waals surface area contributed by atoms with E-state index in [0.717, 1.165) is 38.6 Å². The van der Waals surface area contributed by atoms with Gasteiger partial charge in [0.05, 0.1) is 17.8 Å². The van der Waals surface area contributed by atoms with E-state index in [0.29, 0.717) is 12.2 Å². The van der Waals surface area contributed by atoms with Crippen LogP contribution in [0.3, 0.4) is 0 Å². The largest absolute Gasteiger partial charge is 0.462 e. The highest BCUT2D eigenvalue weighted by Crippen LogP contribution is 2.33. The van der Waals surface area contributed by atoms with Crippen LogP contribution >= 0.6 is 0 Å². The number of hydrogen-bond acceptors (Lipinski definition) is 4. The van der Waals surface area contributed by atoms with Crippen LogP contribution in [0.2, 0.25) is 0 Å². The molecule has 0 unspecified atom stereocenters. The van der Waals surface area contributed by atoms with E-state index in [4.69, 9.17) is 4.74 Å². The molecule has 0 aliphatic rings. The molecule has 0 atom stereocenters. The van der Waals surface area contributed by atoms with E-state index in [9.17, 15) is 4.79 Å². The van der Waals surface area contributed by atoms with Crippen LogP contribution in [0.15, 0.2) is 66.9 Å². The Balaban J connectivity index is 1.93. The number of anilines is 2. The Morgan fingerprint density at radius 1 is 1.04 bits per heavy atom. The minimum Gasteiger partial charge on any atom is -0.462 e. The fraction of sp³-hybridized carbons (Fsp3) is 0.130. The number of carbonyl (C=O) groups excluding carboxylic acids is 1. The van der Waals surface area contributed by atoms with Crippen molar-refractivity contribution in [1.82, 2.24) is 4.98 Å². The van der Waals surface area contributed by atoms with Gasteiger partial charge in [0.1, 0.15) is 5.56 Å². The van der Waals surface area contributed by atoms with Crippen LogP contribution in [0.4, 0.5) is 11.4 Å². The molecule has 4 nitrogen and oxygen atoms in total. The van der Waals surface area contributed by atoms with E-state index in [1.165, 1.54) is 0 Å². The molecule has 4 heteroatoms. The van der Waals surface area contributed by atoms with Crippen molar-refractivity contribution in [3.05, 3.63) is 78.0 Å². The van der Waals surface area contributed by atoms with Gasteiger partial charge in [-0.1, -0.05) is 48.0 Å². The highest BCUT2D eigenvalue weighted by molar-refractivity contribution is 6.08. The summed E-state index contributed by atoms with van der Waals surface area (Å²) in [5.74, 6) is -0.379. The Bertz CT molecular complexity index is 1150. The van der Waals surface area contributed by atoms with Gasteiger partial charge in [0.15, 0.2) is 0 Å². The van der Waals surface area contributed by atoms with Crippen LogP contribution in [-0.2, 0) is 4.74 Å². The fourth-order valence-corrected chi connectivity index (χ4v) is 3.27. The summed E-state index contributed by atoms with van der Waals surface area (Å²) in [6.45, 7) is 4.14. The lowest BCUT2D eigenvalue weighted by atomic mass is 10.0. The second-order valence-electron chi connectivity index (χ2n) is 6.44. The molecule has 27 heavy (non-hydrogen) atoms. The van der Waals surface area contributed by atoms with Crippen molar-refractivity contribution in [3.63, 3.8) is 0 Å². The molecule has 0 saturated heterocycles. The average Bonchev–Trinajstić information content (AvgIpc) is 2.69. The molecule has 0 aliphatic carbocycles. The number of pyridine rings is 1. The van der Waals surface area contributed by atoms with E-state index < -0.39 is 0 Å². The second kappa shape index (κ2) is 7.08. The number of nitrogens with zero attached hydrogens (tertiary/aromatic N) is 1. The number of hydrogen-bond donors (Lipinski definition) is 1. The lowest BCUT2D eigenvalue weighted by Crippen LogP contribution is -2.09. The van der Waals surface area contributed by atoms with Gasteiger partial charge >= 0.3 is 5.97 Å². The lowest BCUT2D eigenvalue weighted by Gasteiger charge is -2.16. The minimum absolute atomic E-state index is 0.318. The predicted molar refractivity (Wildman–Crippen MR) is 110 cm³/mol. The standard InChI is InChI=1S/C23H20N2O2/c1-3-27-23(26)19-14-24-20-12-11-15(2)13-18(20)22(19)25-21-10-6-8-16-7-4-5-9-17(16)21/h4-14H,3H2,1-2H3,(H,24,25). The normalized spacial score (nSPS) is 10.9. The van der Waals surface area contributed by atoms with E-state index in [1.54, 1.807) is 13.1 Å². The Hall–Kier alpha value is -3.40. The number of benzene rings is 3. The zero-order valence-electron chi connectivity index (χ0n) is 15.3. The Morgan fingerprint density at radius 3 is 2.70 bits per heavy atom. The molecule has 1 aromatic heterocycles. The van der Waals surface area contributed by atoms with Crippen molar-refractivity contribution in [3.8, 4) is 0 Å². The van der Waals surface area contributed by atoms with Crippen LogP contribution in [-0.4, -0.2) is 17.6 Å². The zero-order chi connectivity index (χ0) is 18.8. The average molecular weight is 356 g/mol. The number of aromatic nitrogens is 1. The summed E-state index contributed by atoms with van der Waals surface area (Å²) < 4.78 is 5.25. The summed E-state index contributed by atoms with van der Waals surface area (Å²) in [7, 11) is 0. The monoisotopic (exact) mass is 356 g/mol. The molecule has 4 aromatic rings. The maximum atomic E-state index is 12.5. The summed E-state index contributed by atoms with van der Waals surface area (Å²) in [4.78, 5) is 17.0. The first-order valence-electron chi connectivity index (χ1n) is 8.98. The van der Waals surface area contributed by atoms with Crippen molar-refractivity contribution in [1.29, 1.82) is 0 Å². The minimum atomic E-state index is -0.379. The van der Waals surface area contributed by atoms with E-state index in [1.807, 2.05) is 49.4 Å². The molecule has 0 spiro atoms. The fourth-order valence-electron chi connectivity index (χ4n) is 3.27. The third kappa shape index (κ3) is 3.22. The van der Waals surface area contributed by atoms with Crippen LogP contribution in [0.5, 0.6) is 0 Å². The number of esters is 1. The van der Waals surface area contributed by atoms with Crippen LogP contribution in [0, 0.1) is 6.92 Å². The molecule has 4 rings (SSSR count). The first kappa shape index (κ1) is 17.0. The highest BCUT2D eigenvalue weighted by Gasteiger charge is 2.17. The Morgan fingerprint density at radius 2 is 1.85 bits per heavy atom. The van der Waals surface area contributed by atoms with Gasteiger partial charge in [-0.25, -0.2) is 4.79 Å². The molecular weight excluding hydrogens is 336 g/mol. The molecule has 0 radical (unpaired) electrons. The number of ether oxygens (including phenoxy) is 1. The van der Waals surface area contributed by atoms with Gasteiger partial charge in [0.25, 0.3) is 0 Å². The molecule has 3 aromatic carbocycles. The van der Waals surface area contributed by atoms with E-state index in [2.05, 4.69) is 28.5 Å². The van der Waals surface area contributed by atoms with Gasteiger partial charge in [0.2, 0.25) is 0 Å². The van der Waals surface area contributed by atoms with E-state index in [-0.39, 0.29) is 5.97 Å². The number of fused-ring (bicyclic) bond motifs is 2. The summed E-state index contributed by atoms with van der Waals surface area (Å²) in [5.41, 5.74) is 4.02. The molecule has 0 bridgehead atoms. The highest BCUT2D eigenvalue weighted by atomic mass is 16.5. The zero-order valence-corrected chi connectivity index (χ0v) is 15.3. The summed E-state index contributed by atoms with van der Waals surface area (Å²) >= 11 is 0. The number of aryl methyl sites for hydroxylation is 1. The number of rotatable bonds is 4. The summed E-state index contributed by atoms with van der Waals surface area (Å²) in [6, 6.07) is 20.3. The molecule has 0 amide bonds. The molecule has 0 aliphatic heterocycles. The first-order chi connectivity index (χ1) is 13.2. The van der Waals surface area contributed by atoms with Gasteiger partial charge in [-0.3, -0.25) is 4.98 Å². The third-order valence-electron chi connectivity index (χ3n) is 4.57. The molecule has 1 heterocycles. The van der Waals surface area contributed by atoms with Gasteiger partial charge in [-0.05, 0) is 37.4 Å². The molecular formula is C23H20N2O2. The van der Waals surface area contributed by atoms with Gasteiger partial charge in [-0.15, -0.1) is 0 Å². The van der Waals surface area contributed by atoms with E-state index >= 15 is 0 Å². The van der Waals surface area contributed by atoms with Crippen molar-refractivity contribution < 1.29 is 9.53 Å². The van der Waals surface area contributed by atoms with Gasteiger partial charge < -0.3 is 10.1 Å². The number of nitrogens with one attached hydrogen (secondary N) is 1. The Labute approximate surface area is 157 Å². The van der Waals surface area contributed by atoms with Crippen molar-refractivity contribution in [2.75, 3.05) is 11.9 Å². The third-order valence-corrected chi connectivity index (χ3v) is 4.57. The smallest absolute Gasteiger partial charge is 0.341 e. The quantitative estimate of drug-likeness (QED) is 0.482. The van der Waals surface area contributed by atoms with Crippen molar-refractivity contribution in [2.45, 2.75) is 13.8 Å². The second-order valence-corrected chi connectivity index (χ2v) is 6.44. The van der Waals surface area contributed by atoms with Crippen LogP contribution < -0.4 is 5.32 Å². The predicted octanol–water partition coefficient (Wildman–Crippen LogP) is 5.62. The van der Waals surface area contributed by atoms with Crippen LogP contribution in [0.1, 0.15) is 22.8 Å². The van der Waals surface area contributed by atoms with Gasteiger partial charge in [-0.2, -0.15) is 0 Å². The maximum Gasteiger partial charge on any atom is 0.341 e. The van der Waals surface area contributed by atoms with Crippen LogP contribution in [0.25, 0.3) is 21.7 Å². The molecule has 0 saturated carbocycles. The maximum absolute atomic E-state index is 12.5. The molecule has 0 fully saturated rings. The Kier molecular flexibility index (Phi) is 4.47. The molecule has 134 valence electrons.